The second-order valence-electron chi connectivity index (χ2n) is 1.96. The largest absolute Gasteiger partial charge is 0.359 e. The molecule has 9 heavy (non-hydrogen) atoms. The van der Waals surface area contributed by atoms with E-state index in [1.54, 1.807) is 6.08 Å². The smallest absolute Gasteiger partial charge is 0.169 e. The lowest BCUT2D eigenvalue weighted by atomic mass is 10.6. The van der Waals surface area contributed by atoms with Gasteiger partial charge in [0.1, 0.15) is 0 Å². The molecule has 50 valence electrons. The van der Waals surface area contributed by atoms with Gasteiger partial charge in [0, 0.05) is 19.6 Å². The van der Waals surface area contributed by atoms with Crippen molar-refractivity contribution in [2.75, 3.05) is 19.6 Å². The molecule has 1 rings (SSSR count). The highest BCUT2D eigenvalue weighted by Gasteiger charge is 2.19. The van der Waals surface area contributed by atoms with E-state index in [0.29, 0.717) is 0 Å². The minimum Gasteiger partial charge on any atom is -0.359 e. The molecular weight excluding hydrogens is 132 g/mol. The van der Waals surface area contributed by atoms with E-state index < -0.39 is 0 Å². The molecule has 0 spiro atoms. The third kappa shape index (κ3) is 2.01. The lowest BCUT2D eigenvalue weighted by molar-refractivity contribution is 0.801. The molecule has 3 heteroatoms. The minimum absolute atomic E-state index is 0.773. The highest BCUT2D eigenvalue weighted by Crippen LogP contribution is 2.02. The Balaban J connectivity index is 2.10. The van der Waals surface area contributed by atoms with Gasteiger partial charge >= 0.3 is 0 Å². The first-order valence-corrected chi connectivity index (χ1v) is 3.39. The van der Waals surface area contributed by atoms with Gasteiger partial charge in [-0.05, 0) is 12.2 Å². The van der Waals surface area contributed by atoms with E-state index in [4.69, 9.17) is 12.2 Å². The first kappa shape index (κ1) is 6.55. The van der Waals surface area contributed by atoms with E-state index in [2.05, 4.69) is 16.8 Å². The summed E-state index contributed by atoms with van der Waals surface area (Å²) in [6.45, 7) is 6.57. The fraction of sp³-hybridized carbons (Fsp3) is 0.500. The Kier molecular flexibility index (Phi) is 2.05. The average Bonchev–Trinajstić information content (AvgIpc) is 2.63. The number of nitrogens with zero attached hydrogens (tertiary/aromatic N) is 1. The molecule has 1 aliphatic heterocycles. The normalized spacial score (nSPS) is 14.9. The monoisotopic (exact) mass is 142 g/mol. The first-order chi connectivity index (χ1) is 4.34. The molecule has 1 aliphatic rings. The van der Waals surface area contributed by atoms with E-state index >= 15 is 0 Å². The van der Waals surface area contributed by atoms with Crippen molar-refractivity contribution in [3.05, 3.63) is 12.7 Å². The summed E-state index contributed by atoms with van der Waals surface area (Å²) >= 11 is 4.97. The summed E-state index contributed by atoms with van der Waals surface area (Å²) in [7, 11) is 0. The molecule has 0 aromatic carbocycles. The van der Waals surface area contributed by atoms with Crippen LogP contribution < -0.4 is 5.32 Å². The summed E-state index contributed by atoms with van der Waals surface area (Å²) in [6.07, 6.45) is 1.80. The predicted molar refractivity (Wildman–Crippen MR) is 42.4 cm³/mol. The summed E-state index contributed by atoms with van der Waals surface area (Å²) in [5.74, 6) is 0. The molecule has 0 amide bonds. The summed E-state index contributed by atoms with van der Waals surface area (Å²) in [5, 5.41) is 3.89. The third-order valence-corrected chi connectivity index (χ3v) is 1.53. The van der Waals surface area contributed by atoms with Crippen molar-refractivity contribution in [3.8, 4) is 0 Å². The van der Waals surface area contributed by atoms with Crippen molar-refractivity contribution >= 4 is 17.3 Å². The lowest BCUT2D eigenvalue weighted by Gasteiger charge is -2.04. The molecule has 0 radical (unpaired) electrons. The summed E-state index contributed by atoms with van der Waals surface area (Å²) in [5.41, 5.74) is 0. The van der Waals surface area contributed by atoms with Crippen LogP contribution in [0.15, 0.2) is 12.7 Å². The zero-order chi connectivity index (χ0) is 6.69. The van der Waals surface area contributed by atoms with Crippen molar-refractivity contribution < 1.29 is 0 Å². The standard InChI is InChI=1S/C6H10N2S/c1-2-3-7-6(9)8-4-5-8/h2H,1,3-5H2,(H,7,9). The Bertz CT molecular complexity index is 129. The second kappa shape index (κ2) is 2.82. The highest BCUT2D eigenvalue weighted by atomic mass is 32.1. The molecule has 0 aromatic heterocycles. The highest BCUT2D eigenvalue weighted by molar-refractivity contribution is 7.80. The van der Waals surface area contributed by atoms with Crippen LogP contribution in [0.2, 0.25) is 0 Å². The molecule has 0 aliphatic carbocycles. The number of hydrogen-bond donors (Lipinski definition) is 1. The van der Waals surface area contributed by atoms with Crippen LogP contribution in [0.5, 0.6) is 0 Å². The number of rotatable bonds is 2. The quantitative estimate of drug-likeness (QED) is 0.340. The molecule has 1 heterocycles. The fourth-order valence-corrected chi connectivity index (χ4v) is 0.790. The van der Waals surface area contributed by atoms with E-state index in [1.807, 2.05) is 0 Å². The molecule has 0 atom stereocenters. The van der Waals surface area contributed by atoms with Crippen LogP contribution in [0, 0.1) is 0 Å². The molecule has 0 saturated carbocycles. The van der Waals surface area contributed by atoms with Crippen LogP contribution in [-0.2, 0) is 0 Å². The minimum atomic E-state index is 0.773. The molecule has 1 fully saturated rings. The SMILES string of the molecule is C=CCNC(=S)N1CC1. The zero-order valence-electron chi connectivity index (χ0n) is 5.26. The lowest BCUT2D eigenvalue weighted by Crippen LogP contribution is -2.27. The topological polar surface area (TPSA) is 15.0 Å². The van der Waals surface area contributed by atoms with Crippen molar-refractivity contribution in [2.24, 2.45) is 0 Å². The van der Waals surface area contributed by atoms with Gasteiger partial charge in [0.2, 0.25) is 0 Å². The van der Waals surface area contributed by atoms with Crippen LogP contribution in [0.4, 0.5) is 0 Å². The number of hydrogen-bond acceptors (Lipinski definition) is 1. The van der Waals surface area contributed by atoms with Crippen molar-refractivity contribution in [2.45, 2.75) is 0 Å². The summed E-state index contributed by atoms with van der Waals surface area (Å²) in [6, 6.07) is 0. The second-order valence-corrected chi connectivity index (χ2v) is 2.35. The van der Waals surface area contributed by atoms with E-state index in [1.165, 1.54) is 0 Å². The fourth-order valence-electron chi connectivity index (χ4n) is 0.524. The maximum atomic E-state index is 4.97. The maximum absolute atomic E-state index is 4.97. The van der Waals surface area contributed by atoms with Crippen LogP contribution in [0.25, 0.3) is 0 Å². The molecule has 0 unspecified atom stereocenters. The van der Waals surface area contributed by atoms with Crippen molar-refractivity contribution in [1.29, 1.82) is 0 Å². The van der Waals surface area contributed by atoms with Crippen LogP contribution >= 0.6 is 12.2 Å². The molecule has 0 aromatic rings. The predicted octanol–water partition coefficient (Wildman–Crippen LogP) is 0.362. The zero-order valence-corrected chi connectivity index (χ0v) is 6.08. The van der Waals surface area contributed by atoms with E-state index in [9.17, 15) is 0 Å². The van der Waals surface area contributed by atoms with Gasteiger partial charge in [0.05, 0.1) is 0 Å². The van der Waals surface area contributed by atoms with Gasteiger partial charge in [-0.2, -0.15) is 0 Å². The summed E-state index contributed by atoms with van der Waals surface area (Å²) in [4.78, 5) is 2.10. The molecule has 0 bridgehead atoms. The van der Waals surface area contributed by atoms with Crippen molar-refractivity contribution in [3.63, 3.8) is 0 Å². The van der Waals surface area contributed by atoms with Crippen LogP contribution in [0.1, 0.15) is 0 Å². The van der Waals surface area contributed by atoms with E-state index in [-0.39, 0.29) is 0 Å². The molecule has 2 nitrogen and oxygen atoms in total. The molecular formula is C6H10N2S. The van der Waals surface area contributed by atoms with Gasteiger partial charge < -0.3 is 10.2 Å². The Morgan fingerprint density at radius 1 is 1.78 bits per heavy atom. The van der Waals surface area contributed by atoms with E-state index in [0.717, 1.165) is 24.7 Å². The van der Waals surface area contributed by atoms with Gasteiger partial charge in [0.15, 0.2) is 5.11 Å². The third-order valence-electron chi connectivity index (χ3n) is 1.13. The average molecular weight is 142 g/mol. The van der Waals surface area contributed by atoms with Gasteiger partial charge in [-0.15, -0.1) is 6.58 Å². The van der Waals surface area contributed by atoms with Crippen molar-refractivity contribution in [1.82, 2.24) is 10.2 Å². The van der Waals surface area contributed by atoms with Gasteiger partial charge in [-0.1, -0.05) is 6.08 Å². The first-order valence-electron chi connectivity index (χ1n) is 2.98. The van der Waals surface area contributed by atoms with Gasteiger partial charge in [-0.25, -0.2) is 0 Å². The number of nitrogens with one attached hydrogen (secondary N) is 1. The molecule has 1 saturated heterocycles. The summed E-state index contributed by atoms with van der Waals surface area (Å²) < 4.78 is 0. The van der Waals surface area contributed by atoms with Gasteiger partial charge in [0.25, 0.3) is 0 Å². The Morgan fingerprint density at radius 2 is 2.44 bits per heavy atom. The van der Waals surface area contributed by atoms with Gasteiger partial charge in [-0.3, -0.25) is 0 Å². The Hall–Kier alpha value is -0.570. The molecule has 1 N–H and O–H groups in total. The number of thiocarbonyl (C=S) groups is 1. The maximum Gasteiger partial charge on any atom is 0.169 e. The Labute approximate surface area is 60.5 Å². The van der Waals surface area contributed by atoms with Crippen LogP contribution in [-0.4, -0.2) is 29.6 Å². The van der Waals surface area contributed by atoms with Crippen LogP contribution in [0.3, 0.4) is 0 Å². The Morgan fingerprint density at radius 3 is 2.89 bits per heavy atom.